The van der Waals surface area contributed by atoms with Crippen LogP contribution in [0.3, 0.4) is 0 Å². The number of aromatic nitrogens is 3. The number of methoxy groups -OCH3 is 1. The Hall–Kier alpha value is -2.93. The number of anilines is 1. The van der Waals surface area contributed by atoms with Crippen LogP contribution in [-0.4, -0.2) is 35.3 Å². The van der Waals surface area contributed by atoms with Crippen LogP contribution >= 0.6 is 0 Å². The zero-order chi connectivity index (χ0) is 17.9. The molecule has 0 saturated carbocycles. The SMILES string of the molecule is COc1cccc(N2CCO[C@@H]2c2cn(Cc3ccccc3F)nn2)c1. The minimum absolute atomic E-state index is 0.250. The fourth-order valence-corrected chi connectivity index (χ4v) is 3.07. The van der Waals surface area contributed by atoms with Gasteiger partial charge in [0, 0.05) is 23.9 Å². The number of benzene rings is 2. The van der Waals surface area contributed by atoms with Crippen molar-refractivity contribution in [3.8, 4) is 5.75 Å². The molecule has 0 aliphatic carbocycles. The topological polar surface area (TPSA) is 52.4 Å². The van der Waals surface area contributed by atoms with E-state index in [0.717, 1.165) is 18.0 Å². The lowest BCUT2D eigenvalue weighted by molar-refractivity contribution is 0.110. The van der Waals surface area contributed by atoms with Gasteiger partial charge in [0.25, 0.3) is 0 Å². The normalized spacial score (nSPS) is 16.8. The van der Waals surface area contributed by atoms with Gasteiger partial charge in [-0.05, 0) is 18.2 Å². The molecule has 2 aromatic carbocycles. The molecule has 4 rings (SSSR count). The summed E-state index contributed by atoms with van der Waals surface area (Å²) in [7, 11) is 1.64. The summed E-state index contributed by atoms with van der Waals surface area (Å²) in [6, 6.07) is 14.5. The third-order valence-corrected chi connectivity index (χ3v) is 4.38. The summed E-state index contributed by atoms with van der Waals surface area (Å²) in [6.45, 7) is 1.67. The van der Waals surface area contributed by atoms with Crippen molar-refractivity contribution in [2.45, 2.75) is 12.8 Å². The number of halogens is 1. The molecule has 0 bridgehead atoms. The largest absolute Gasteiger partial charge is 0.497 e. The summed E-state index contributed by atoms with van der Waals surface area (Å²) >= 11 is 0. The lowest BCUT2D eigenvalue weighted by atomic mass is 10.2. The van der Waals surface area contributed by atoms with E-state index in [9.17, 15) is 4.39 Å². The van der Waals surface area contributed by atoms with Gasteiger partial charge in [0.15, 0.2) is 6.23 Å². The average Bonchev–Trinajstić information content (AvgIpc) is 3.33. The number of hydrogen-bond acceptors (Lipinski definition) is 5. The molecule has 3 aromatic rings. The Morgan fingerprint density at radius 3 is 2.96 bits per heavy atom. The van der Waals surface area contributed by atoms with Gasteiger partial charge in [-0.3, -0.25) is 0 Å². The van der Waals surface area contributed by atoms with Crippen LogP contribution < -0.4 is 9.64 Å². The maximum absolute atomic E-state index is 13.8. The Morgan fingerprint density at radius 2 is 2.12 bits per heavy atom. The number of nitrogens with zero attached hydrogens (tertiary/aromatic N) is 4. The first-order valence-electron chi connectivity index (χ1n) is 8.40. The lowest BCUT2D eigenvalue weighted by Crippen LogP contribution is -2.23. The minimum Gasteiger partial charge on any atom is -0.497 e. The molecule has 0 unspecified atom stereocenters. The molecule has 6 nitrogen and oxygen atoms in total. The van der Waals surface area contributed by atoms with Crippen molar-refractivity contribution in [3.05, 3.63) is 71.8 Å². The van der Waals surface area contributed by atoms with E-state index < -0.39 is 0 Å². The van der Waals surface area contributed by atoms with Crippen molar-refractivity contribution >= 4 is 5.69 Å². The zero-order valence-electron chi connectivity index (χ0n) is 14.4. The molecule has 0 spiro atoms. The van der Waals surface area contributed by atoms with Crippen LogP contribution in [0.5, 0.6) is 5.75 Å². The van der Waals surface area contributed by atoms with Gasteiger partial charge in [0.05, 0.1) is 26.5 Å². The zero-order valence-corrected chi connectivity index (χ0v) is 14.4. The molecule has 1 aromatic heterocycles. The highest BCUT2D eigenvalue weighted by molar-refractivity contribution is 5.52. The van der Waals surface area contributed by atoms with Crippen LogP contribution in [0.4, 0.5) is 10.1 Å². The molecular weight excluding hydrogens is 335 g/mol. The Labute approximate surface area is 150 Å². The average molecular weight is 354 g/mol. The molecule has 1 fully saturated rings. The maximum Gasteiger partial charge on any atom is 0.177 e. The Balaban J connectivity index is 1.55. The summed E-state index contributed by atoms with van der Waals surface area (Å²) < 4.78 is 26.6. The van der Waals surface area contributed by atoms with Gasteiger partial charge in [0.1, 0.15) is 17.3 Å². The van der Waals surface area contributed by atoms with Crippen LogP contribution in [0, 0.1) is 5.82 Å². The molecule has 134 valence electrons. The second-order valence-electron chi connectivity index (χ2n) is 6.05. The summed E-state index contributed by atoms with van der Waals surface area (Å²) in [6.07, 6.45) is 1.48. The van der Waals surface area contributed by atoms with E-state index in [1.54, 1.807) is 36.2 Å². The minimum atomic E-state index is -0.323. The number of hydrogen-bond donors (Lipinski definition) is 0. The van der Waals surface area contributed by atoms with Gasteiger partial charge in [-0.15, -0.1) is 5.10 Å². The van der Waals surface area contributed by atoms with Crippen LogP contribution in [0.1, 0.15) is 17.5 Å². The van der Waals surface area contributed by atoms with Crippen molar-refractivity contribution in [1.82, 2.24) is 15.0 Å². The van der Waals surface area contributed by atoms with Crippen molar-refractivity contribution in [2.24, 2.45) is 0 Å². The fraction of sp³-hybridized carbons (Fsp3) is 0.263. The third-order valence-electron chi connectivity index (χ3n) is 4.38. The number of ether oxygens (including phenoxy) is 2. The molecule has 1 aliphatic heterocycles. The van der Waals surface area contributed by atoms with Gasteiger partial charge in [-0.2, -0.15) is 0 Å². The predicted molar refractivity (Wildman–Crippen MR) is 94.6 cm³/mol. The van der Waals surface area contributed by atoms with Gasteiger partial charge < -0.3 is 14.4 Å². The van der Waals surface area contributed by atoms with E-state index >= 15 is 0 Å². The quantitative estimate of drug-likeness (QED) is 0.705. The van der Waals surface area contributed by atoms with Crippen LogP contribution in [0.2, 0.25) is 0 Å². The van der Waals surface area contributed by atoms with Crippen molar-refractivity contribution in [2.75, 3.05) is 25.2 Å². The van der Waals surface area contributed by atoms with E-state index in [-0.39, 0.29) is 12.0 Å². The van der Waals surface area contributed by atoms with E-state index in [1.165, 1.54) is 6.07 Å². The molecule has 0 N–H and O–H groups in total. The summed E-state index contributed by atoms with van der Waals surface area (Å²) in [5, 5.41) is 8.36. The molecule has 26 heavy (non-hydrogen) atoms. The highest BCUT2D eigenvalue weighted by Crippen LogP contribution is 2.32. The van der Waals surface area contributed by atoms with E-state index in [2.05, 4.69) is 15.2 Å². The van der Waals surface area contributed by atoms with Gasteiger partial charge in [-0.25, -0.2) is 9.07 Å². The molecule has 0 radical (unpaired) electrons. The molecular formula is C19H19FN4O2. The van der Waals surface area contributed by atoms with Crippen LogP contribution in [0.15, 0.2) is 54.7 Å². The Kier molecular flexibility index (Phi) is 4.53. The molecule has 1 saturated heterocycles. The summed E-state index contributed by atoms with van der Waals surface area (Å²) in [4.78, 5) is 2.11. The summed E-state index contributed by atoms with van der Waals surface area (Å²) in [5.74, 6) is 0.538. The van der Waals surface area contributed by atoms with Gasteiger partial charge >= 0.3 is 0 Å². The monoisotopic (exact) mass is 354 g/mol. The second kappa shape index (κ2) is 7.13. The predicted octanol–water partition coefficient (Wildman–Crippen LogP) is 3.01. The third kappa shape index (κ3) is 3.25. The van der Waals surface area contributed by atoms with Gasteiger partial charge in [0.2, 0.25) is 0 Å². The van der Waals surface area contributed by atoms with Crippen molar-refractivity contribution in [1.29, 1.82) is 0 Å². The van der Waals surface area contributed by atoms with Crippen LogP contribution in [0.25, 0.3) is 0 Å². The van der Waals surface area contributed by atoms with Gasteiger partial charge in [-0.1, -0.05) is 29.5 Å². The first-order chi connectivity index (χ1) is 12.7. The smallest absolute Gasteiger partial charge is 0.177 e. The van der Waals surface area contributed by atoms with E-state index in [1.807, 2.05) is 24.3 Å². The standard InChI is InChI=1S/C19H19FN4O2/c1-25-16-7-4-6-15(11-16)24-9-10-26-19(24)18-13-23(22-21-18)12-14-5-2-3-8-17(14)20/h2-8,11,13,19H,9-10,12H2,1H3/t19-/m1/s1. The summed E-state index contributed by atoms with van der Waals surface area (Å²) in [5.41, 5.74) is 2.26. The highest BCUT2D eigenvalue weighted by Gasteiger charge is 2.30. The van der Waals surface area contributed by atoms with Crippen molar-refractivity contribution < 1.29 is 13.9 Å². The lowest BCUT2D eigenvalue weighted by Gasteiger charge is -2.23. The fourth-order valence-electron chi connectivity index (χ4n) is 3.07. The van der Waals surface area contributed by atoms with Crippen molar-refractivity contribution in [3.63, 3.8) is 0 Å². The number of rotatable bonds is 5. The Morgan fingerprint density at radius 1 is 1.23 bits per heavy atom. The molecule has 0 amide bonds. The van der Waals surface area contributed by atoms with E-state index in [0.29, 0.717) is 24.4 Å². The molecule has 7 heteroatoms. The molecule has 2 heterocycles. The van der Waals surface area contributed by atoms with E-state index in [4.69, 9.17) is 9.47 Å². The first kappa shape index (κ1) is 16.5. The second-order valence-corrected chi connectivity index (χ2v) is 6.05. The molecule has 1 aliphatic rings. The molecule has 1 atom stereocenters. The highest BCUT2D eigenvalue weighted by atomic mass is 19.1. The van der Waals surface area contributed by atoms with Crippen LogP contribution in [-0.2, 0) is 11.3 Å². The first-order valence-corrected chi connectivity index (χ1v) is 8.40. The maximum atomic E-state index is 13.8. The Bertz CT molecular complexity index is 899.